The first-order valence-corrected chi connectivity index (χ1v) is 6.09. The largest absolute Gasteiger partial charge is 0.226 e. The Kier molecular flexibility index (Phi) is 2.89. The van der Waals surface area contributed by atoms with E-state index in [0.717, 1.165) is 16.0 Å². The molecule has 0 unspecified atom stereocenters. The van der Waals surface area contributed by atoms with E-state index in [1.807, 2.05) is 35.0 Å². The van der Waals surface area contributed by atoms with Crippen LogP contribution in [-0.4, -0.2) is 9.78 Å². The molecule has 0 aliphatic carbocycles. The first kappa shape index (κ1) is 11.4. The molecule has 0 saturated carbocycles. The molecule has 84 valence electrons. The van der Waals surface area contributed by atoms with Gasteiger partial charge in [0.1, 0.15) is 4.60 Å². The van der Waals surface area contributed by atoms with Gasteiger partial charge >= 0.3 is 0 Å². The van der Waals surface area contributed by atoms with Crippen molar-refractivity contribution in [1.82, 2.24) is 9.78 Å². The molecule has 0 amide bonds. The Hall–Kier alpha value is -1.09. The molecule has 16 heavy (non-hydrogen) atoms. The second-order valence-corrected chi connectivity index (χ2v) is 5.66. The van der Waals surface area contributed by atoms with Gasteiger partial charge in [0.15, 0.2) is 0 Å². The highest BCUT2D eigenvalue weighted by molar-refractivity contribution is 9.10. The SMILES string of the molecule is CC(C)(C)c1cc(Br)n(-c2ccccc2)n1. The maximum Gasteiger partial charge on any atom is 0.110 e. The molecule has 0 aliphatic rings. The van der Waals surface area contributed by atoms with Gasteiger partial charge in [-0.15, -0.1) is 0 Å². The predicted octanol–water partition coefficient (Wildman–Crippen LogP) is 3.93. The summed E-state index contributed by atoms with van der Waals surface area (Å²) in [5, 5.41) is 4.62. The van der Waals surface area contributed by atoms with E-state index in [-0.39, 0.29) is 5.41 Å². The van der Waals surface area contributed by atoms with Crippen molar-refractivity contribution in [1.29, 1.82) is 0 Å². The number of rotatable bonds is 1. The summed E-state index contributed by atoms with van der Waals surface area (Å²) in [6.45, 7) is 6.49. The van der Waals surface area contributed by atoms with E-state index in [4.69, 9.17) is 0 Å². The van der Waals surface area contributed by atoms with Crippen molar-refractivity contribution in [3.05, 3.63) is 46.7 Å². The van der Waals surface area contributed by atoms with Gasteiger partial charge in [-0.3, -0.25) is 0 Å². The highest BCUT2D eigenvalue weighted by Crippen LogP contribution is 2.26. The molecule has 0 bridgehead atoms. The van der Waals surface area contributed by atoms with Gasteiger partial charge in [0, 0.05) is 5.41 Å². The number of benzene rings is 1. The highest BCUT2D eigenvalue weighted by atomic mass is 79.9. The van der Waals surface area contributed by atoms with E-state index in [9.17, 15) is 0 Å². The van der Waals surface area contributed by atoms with Crippen molar-refractivity contribution >= 4 is 15.9 Å². The molecule has 0 atom stereocenters. The van der Waals surface area contributed by atoms with Crippen LogP contribution in [0.25, 0.3) is 5.69 Å². The maximum absolute atomic E-state index is 4.62. The van der Waals surface area contributed by atoms with Crippen LogP contribution in [0.2, 0.25) is 0 Å². The fraction of sp³-hybridized carbons (Fsp3) is 0.308. The fourth-order valence-corrected chi connectivity index (χ4v) is 1.98. The van der Waals surface area contributed by atoms with Crippen molar-refractivity contribution < 1.29 is 0 Å². The number of hydrogen-bond acceptors (Lipinski definition) is 1. The van der Waals surface area contributed by atoms with Gasteiger partial charge in [-0.05, 0) is 34.1 Å². The van der Waals surface area contributed by atoms with E-state index in [2.05, 4.69) is 47.9 Å². The number of aromatic nitrogens is 2. The molecule has 0 fully saturated rings. The minimum Gasteiger partial charge on any atom is -0.226 e. The zero-order valence-corrected chi connectivity index (χ0v) is 11.3. The lowest BCUT2D eigenvalue weighted by molar-refractivity contribution is 0.560. The molecule has 1 aromatic carbocycles. The van der Waals surface area contributed by atoms with Gasteiger partial charge in [-0.25, -0.2) is 4.68 Å². The summed E-state index contributed by atoms with van der Waals surface area (Å²) in [6, 6.07) is 12.2. The van der Waals surface area contributed by atoms with Gasteiger partial charge in [0.05, 0.1) is 11.4 Å². The minimum absolute atomic E-state index is 0.0720. The Morgan fingerprint density at radius 1 is 1.12 bits per heavy atom. The van der Waals surface area contributed by atoms with E-state index in [1.165, 1.54) is 0 Å². The summed E-state index contributed by atoms with van der Waals surface area (Å²) in [5.41, 5.74) is 2.23. The van der Waals surface area contributed by atoms with Gasteiger partial charge in [0.25, 0.3) is 0 Å². The van der Waals surface area contributed by atoms with Crippen LogP contribution in [0, 0.1) is 0 Å². The van der Waals surface area contributed by atoms with E-state index in [1.54, 1.807) is 0 Å². The molecule has 0 N–H and O–H groups in total. The minimum atomic E-state index is 0.0720. The summed E-state index contributed by atoms with van der Waals surface area (Å²) in [4.78, 5) is 0. The van der Waals surface area contributed by atoms with Gasteiger partial charge in [-0.2, -0.15) is 5.10 Å². The topological polar surface area (TPSA) is 17.8 Å². The average molecular weight is 279 g/mol. The van der Waals surface area contributed by atoms with Crippen molar-refractivity contribution in [3.8, 4) is 5.69 Å². The predicted molar refractivity (Wildman–Crippen MR) is 70.0 cm³/mol. The molecule has 0 spiro atoms. The lowest BCUT2D eigenvalue weighted by Gasteiger charge is -2.14. The monoisotopic (exact) mass is 278 g/mol. The molecule has 2 aromatic rings. The van der Waals surface area contributed by atoms with Crippen molar-refractivity contribution in [3.63, 3.8) is 0 Å². The fourth-order valence-electron chi connectivity index (χ4n) is 1.48. The quantitative estimate of drug-likeness (QED) is 0.773. The molecule has 1 heterocycles. The molecule has 2 rings (SSSR count). The van der Waals surface area contributed by atoms with Crippen molar-refractivity contribution in [2.75, 3.05) is 0 Å². The molecule has 3 heteroatoms. The molecular formula is C13H15BrN2. The van der Waals surface area contributed by atoms with Crippen LogP contribution in [-0.2, 0) is 5.41 Å². The molecular weight excluding hydrogens is 264 g/mol. The molecule has 2 nitrogen and oxygen atoms in total. The summed E-state index contributed by atoms with van der Waals surface area (Å²) in [7, 11) is 0. The molecule has 1 aromatic heterocycles. The van der Waals surface area contributed by atoms with Crippen LogP contribution < -0.4 is 0 Å². The van der Waals surface area contributed by atoms with Crippen LogP contribution in [0.5, 0.6) is 0 Å². The first-order valence-electron chi connectivity index (χ1n) is 5.30. The second kappa shape index (κ2) is 4.06. The summed E-state index contributed by atoms with van der Waals surface area (Å²) >= 11 is 3.55. The first-order chi connectivity index (χ1) is 7.48. The van der Waals surface area contributed by atoms with Crippen LogP contribution in [0.15, 0.2) is 41.0 Å². The number of hydrogen-bond donors (Lipinski definition) is 0. The van der Waals surface area contributed by atoms with E-state index in [0.29, 0.717) is 0 Å². The van der Waals surface area contributed by atoms with Gasteiger partial charge in [-0.1, -0.05) is 39.0 Å². The third-order valence-electron chi connectivity index (χ3n) is 2.44. The molecule has 0 saturated heterocycles. The van der Waals surface area contributed by atoms with E-state index >= 15 is 0 Å². The second-order valence-electron chi connectivity index (χ2n) is 4.85. The van der Waals surface area contributed by atoms with Crippen molar-refractivity contribution in [2.45, 2.75) is 26.2 Å². The third kappa shape index (κ3) is 2.19. The summed E-state index contributed by atoms with van der Waals surface area (Å²) < 4.78 is 2.91. The lowest BCUT2D eigenvalue weighted by atomic mass is 9.93. The van der Waals surface area contributed by atoms with Crippen molar-refractivity contribution in [2.24, 2.45) is 0 Å². The maximum atomic E-state index is 4.62. The number of nitrogens with zero attached hydrogens (tertiary/aromatic N) is 2. The Morgan fingerprint density at radius 2 is 1.75 bits per heavy atom. The Morgan fingerprint density at radius 3 is 2.25 bits per heavy atom. The van der Waals surface area contributed by atoms with Crippen LogP contribution in [0.1, 0.15) is 26.5 Å². The average Bonchev–Trinajstić information content (AvgIpc) is 2.61. The normalized spacial score (nSPS) is 11.8. The van der Waals surface area contributed by atoms with E-state index < -0.39 is 0 Å². The van der Waals surface area contributed by atoms with Crippen LogP contribution >= 0.6 is 15.9 Å². The van der Waals surface area contributed by atoms with Crippen LogP contribution in [0.4, 0.5) is 0 Å². The molecule has 0 aliphatic heterocycles. The standard InChI is InChI=1S/C13H15BrN2/c1-13(2,3)11-9-12(14)16(15-11)10-7-5-4-6-8-10/h4-9H,1-3H3. The summed E-state index contributed by atoms with van der Waals surface area (Å²) in [6.07, 6.45) is 0. The van der Waals surface area contributed by atoms with Crippen LogP contribution in [0.3, 0.4) is 0 Å². The number of halogens is 1. The third-order valence-corrected chi connectivity index (χ3v) is 3.00. The zero-order chi connectivity index (χ0) is 11.8. The Labute approximate surface area is 104 Å². The lowest BCUT2D eigenvalue weighted by Crippen LogP contribution is -2.12. The Bertz CT molecular complexity index is 480. The summed E-state index contributed by atoms with van der Waals surface area (Å²) in [5.74, 6) is 0. The van der Waals surface area contributed by atoms with Gasteiger partial charge < -0.3 is 0 Å². The van der Waals surface area contributed by atoms with Gasteiger partial charge in [0.2, 0.25) is 0 Å². The zero-order valence-electron chi connectivity index (χ0n) is 9.74. The smallest absolute Gasteiger partial charge is 0.110 e. The molecule has 0 radical (unpaired) electrons. The number of para-hydroxylation sites is 1. The Balaban J connectivity index is 2.48. The highest BCUT2D eigenvalue weighted by Gasteiger charge is 2.19.